The lowest BCUT2D eigenvalue weighted by atomic mass is 10.1. The Labute approximate surface area is 248 Å². The number of benzene rings is 3. The second kappa shape index (κ2) is 12.9. The molecule has 5 rings (SSSR count). The molecule has 2 heterocycles. The van der Waals surface area contributed by atoms with E-state index in [0.717, 1.165) is 0 Å². The minimum atomic E-state index is -0.864. The number of halogens is 1. The summed E-state index contributed by atoms with van der Waals surface area (Å²) in [6.07, 6.45) is -0.910. The van der Waals surface area contributed by atoms with Crippen molar-refractivity contribution in [3.63, 3.8) is 0 Å². The van der Waals surface area contributed by atoms with Gasteiger partial charge >= 0.3 is 17.6 Å². The Morgan fingerprint density at radius 2 is 1.44 bits per heavy atom. The number of esters is 2. The number of anilines is 1. The molecular weight excluding hydrogens is 641 g/mol. The van der Waals surface area contributed by atoms with Crippen molar-refractivity contribution in [2.24, 2.45) is 0 Å². The van der Waals surface area contributed by atoms with Gasteiger partial charge in [0.1, 0.15) is 25.0 Å². The highest BCUT2D eigenvalue weighted by Crippen LogP contribution is 2.32. The number of aromatic nitrogens is 2. The zero-order valence-corrected chi connectivity index (χ0v) is 23.7. The highest BCUT2D eigenvalue weighted by molar-refractivity contribution is 14.1. The summed E-state index contributed by atoms with van der Waals surface area (Å²) >= 11 is 1.96. The summed E-state index contributed by atoms with van der Waals surface area (Å²) in [4.78, 5) is 55.0. The van der Waals surface area contributed by atoms with Gasteiger partial charge in [0.25, 0.3) is 5.91 Å². The highest BCUT2D eigenvalue weighted by atomic mass is 127. The molecule has 1 aliphatic heterocycles. The zero-order chi connectivity index (χ0) is 28.8. The smallest absolute Gasteiger partial charge is 0.351 e. The second-order valence-corrected chi connectivity index (χ2v) is 10.2. The Morgan fingerprint density at radius 1 is 0.878 bits per heavy atom. The maximum Gasteiger partial charge on any atom is 0.351 e. The molecule has 0 spiro atoms. The van der Waals surface area contributed by atoms with E-state index in [0.29, 0.717) is 20.3 Å². The van der Waals surface area contributed by atoms with Gasteiger partial charge in [-0.25, -0.2) is 14.4 Å². The maximum atomic E-state index is 13.0. The monoisotopic (exact) mass is 665 g/mol. The van der Waals surface area contributed by atoms with Crippen LogP contribution < -0.4 is 11.0 Å². The lowest BCUT2D eigenvalue weighted by molar-refractivity contribution is -0.0582. The van der Waals surface area contributed by atoms with E-state index in [1.807, 2.05) is 22.6 Å². The number of nitrogens with one attached hydrogen (secondary N) is 1. The molecule has 1 fully saturated rings. The quantitative estimate of drug-likeness (QED) is 0.216. The number of amides is 1. The van der Waals surface area contributed by atoms with Gasteiger partial charge in [0, 0.05) is 18.2 Å². The van der Waals surface area contributed by atoms with Gasteiger partial charge in [-0.3, -0.25) is 9.36 Å². The molecule has 0 bridgehead atoms. The molecule has 1 aliphatic rings. The maximum absolute atomic E-state index is 13.0. The molecule has 41 heavy (non-hydrogen) atoms. The van der Waals surface area contributed by atoms with Gasteiger partial charge < -0.3 is 19.5 Å². The van der Waals surface area contributed by atoms with Gasteiger partial charge in [0.05, 0.1) is 14.7 Å². The van der Waals surface area contributed by atoms with Crippen molar-refractivity contribution < 1.29 is 28.6 Å². The summed E-state index contributed by atoms with van der Waals surface area (Å²) in [6.45, 7) is -0.207. The number of carbonyl (C=O) groups excluding carboxylic acids is 3. The summed E-state index contributed by atoms with van der Waals surface area (Å²) in [6, 6.07) is 25.5. The predicted octanol–water partition coefficient (Wildman–Crippen LogP) is 4.47. The standard InChI is InChI=1S/C30H24IN3O7/c31-22-17-34(30(38)33-26(22)32-27(35)19-10-4-1-5-11-19)25-16-23(41-29(37)21-14-8-3-9-15-21)24(40-25)18-39-28(36)20-12-6-2-7-13-20/h1-15,17,23-25H,16,18H2,(H,32,33,35,38). The first-order valence-corrected chi connectivity index (χ1v) is 13.8. The molecule has 3 atom stereocenters. The average molecular weight is 665 g/mol. The van der Waals surface area contributed by atoms with Crippen LogP contribution in [0.3, 0.4) is 0 Å². The third-order valence-corrected chi connectivity index (χ3v) is 7.11. The Bertz CT molecular complexity index is 1600. The van der Waals surface area contributed by atoms with Crippen molar-refractivity contribution in [1.29, 1.82) is 0 Å². The first-order chi connectivity index (χ1) is 19.9. The van der Waals surface area contributed by atoms with Crippen LogP contribution in [-0.4, -0.2) is 46.2 Å². The molecule has 1 aromatic heterocycles. The largest absolute Gasteiger partial charge is 0.459 e. The zero-order valence-electron chi connectivity index (χ0n) is 21.5. The Hall–Kier alpha value is -4.36. The van der Waals surface area contributed by atoms with E-state index in [-0.39, 0.29) is 18.8 Å². The fourth-order valence-corrected chi connectivity index (χ4v) is 4.80. The van der Waals surface area contributed by atoms with Crippen LogP contribution in [0.25, 0.3) is 0 Å². The summed E-state index contributed by atoms with van der Waals surface area (Å²) in [5, 5.41) is 2.66. The van der Waals surface area contributed by atoms with Gasteiger partial charge in [-0.1, -0.05) is 54.6 Å². The minimum absolute atomic E-state index is 0.110. The normalized spacial score (nSPS) is 17.9. The van der Waals surface area contributed by atoms with Crippen LogP contribution in [0.2, 0.25) is 0 Å². The van der Waals surface area contributed by atoms with E-state index >= 15 is 0 Å². The van der Waals surface area contributed by atoms with Crippen molar-refractivity contribution >= 4 is 46.3 Å². The molecule has 4 aromatic rings. The number of nitrogens with zero attached hydrogens (tertiary/aromatic N) is 2. The molecule has 3 unspecified atom stereocenters. The van der Waals surface area contributed by atoms with Crippen molar-refractivity contribution in [1.82, 2.24) is 9.55 Å². The molecule has 208 valence electrons. The summed E-state index contributed by atoms with van der Waals surface area (Å²) < 4.78 is 19.1. The van der Waals surface area contributed by atoms with Crippen molar-refractivity contribution in [3.8, 4) is 0 Å². The van der Waals surface area contributed by atoms with E-state index in [4.69, 9.17) is 14.2 Å². The SMILES string of the molecule is O=C(Nc1nc(=O)n(C2CC(OC(=O)c3ccccc3)C(COC(=O)c3ccccc3)O2)cc1I)c1ccccc1. The minimum Gasteiger partial charge on any atom is -0.459 e. The molecule has 11 heteroatoms. The molecule has 1 amide bonds. The van der Waals surface area contributed by atoms with E-state index in [9.17, 15) is 19.2 Å². The molecule has 3 aromatic carbocycles. The first kappa shape index (κ1) is 28.2. The van der Waals surface area contributed by atoms with Gasteiger partial charge in [-0.05, 0) is 59.0 Å². The molecule has 0 aliphatic carbocycles. The van der Waals surface area contributed by atoms with E-state index < -0.39 is 42.0 Å². The summed E-state index contributed by atoms with van der Waals surface area (Å²) in [5.41, 5.74) is 0.462. The Morgan fingerprint density at radius 3 is 2.05 bits per heavy atom. The molecule has 0 saturated carbocycles. The van der Waals surface area contributed by atoms with Crippen molar-refractivity contribution in [3.05, 3.63) is 128 Å². The van der Waals surface area contributed by atoms with Gasteiger partial charge in [0.15, 0.2) is 5.82 Å². The van der Waals surface area contributed by atoms with Crippen LogP contribution in [-0.2, 0) is 14.2 Å². The Kier molecular flexibility index (Phi) is 8.85. The van der Waals surface area contributed by atoms with E-state index in [1.165, 1.54) is 10.8 Å². The summed E-state index contributed by atoms with van der Waals surface area (Å²) in [5.74, 6) is -1.42. The van der Waals surface area contributed by atoms with Crippen LogP contribution in [0.5, 0.6) is 0 Å². The highest BCUT2D eigenvalue weighted by Gasteiger charge is 2.40. The number of carbonyl (C=O) groups is 3. The van der Waals surface area contributed by atoms with Crippen molar-refractivity contribution in [2.75, 3.05) is 11.9 Å². The molecule has 1 N–H and O–H groups in total. The van der Waals surface area contributed by atoms with Crippen molar-refractivity contribution in [2.45, 2.75) is 24.9 Å². The average Bonchev–Trinajstić information content (AvgIpc) is 3.40. The number of hydrogen-bond acceptors (Lipinski definition) is 8. The number of rotatable bonds is 8. The predicted molar refractivity (Wildman–Crippen MR) is 157 cm³/mol. The van der Waals surface area contributed by atoms with Gasteiger partial charge in [-0.2, -0.15) is 4.98 Å². The fraction of sp³-hybridized carbons (Fsp3) is 0.167. The van der Waals surface area contributed by atoms with Gasteiger partial charge in [-0.15, -0.1) is 0 Å². The van der Waals surface area contributed by atoms with Crippen LogP contribution in [0, 0.1) is 3.57 Å². The van der Waals surface area contributed by atoms with E-state index in [1.54, 1.807) is 91.0 Å². The topological polar surface area (TPSA) is 126 Å². The third-order valence-electron chi connectivity index (χ3n) is 6.32. The van der Waals surface area contributed by atoms with E-state index in [2.05, 4.69) is 10.3 Å². The lowest BCUT2D eigenvalue weighted by Gasteiger charge is -2.19. The number of ether oxygens (including phenoxy) is 3. The summed E-state index contributed by atoms with van der Waals surface area (Å²) in [7, 11) is 0. The van der Waals surface area contributed by atoms with Crippen LogP contribution in [0.4, 0.5) is 5.82 Å². The van der Waals surface area contributed by atoms with Gasteiger partial charge in [0.2, 0.25) is 0 Å². The second-order valence-electron chi connectivity index (χ2n) is 9.09. The van der Waals surface area contributed by atoms with Crippen LogP contribution in [0.15, 0.2) is 102 Å². The lowest BCUT2D eigenvalue weighted by Crippen LogP contribution is -2.32. The van der Waals surface area contributed by atoms with Crippen LogP contribution in [0.1, 0.15) is 43.7 Å². The molecule has 0 radical (unpaired) electrons. The van der Waals surface area contributed by atoms with Crippen LogP contribution >= 0.6 is 22.6 Å². The fourth-order valence-electron chi connectivity index (χ4n) is 4.25. The molecular formula is C30H24IN3O7. The number of hydrogen-bond donors (Lipinski definition) is 1. The molecule has 10 nitrogen and oxygen atoms in total. The molecule has 1 saturated heterocycles. The Balaban J connectivity index is 1.34. The third kappa shape index (κ3) is 6.87. The first-order valence-electron chi connectivity index (χ1n) is 12.7.